The van der Waals surface area contributed by atoms with E-state index >= 15 is 0 Å². The SMILES string of the molecule is Cn1nc(-c2ccccc2)cc1Oc1cc(C#N)ccc1-c1ccc(CCN)nc1. The summed E-state index contributed by atoms with van der Waals surface area (Å²) < 4.78 is 7.91. The van der Waals surface area contributed by atoms with Gasteiger partial charge < -0.3 is 10.5 Å². The highest BCUT2D eigenvalue weighted by Crippen LogP contribution is 2.35. The Morgan fingerprint density at radius 3 is 2.57 bits per heavy atom. The lowest BCUT2D eigenvalue weighted by Gasteiger charge is -2.12. The van der Waals surface area contributed by atoms with Gasteiger partial charge in [-0.1, -0.05) is 36.4 Å². The van der Waals surface area contributed by atoms with Gasteiger partial charge in [0.05, 0.1) is 17.3 Å². The van der Waals surface area contributed by atoms with Gasteiger partial charge in [-0.2, -0.15) is 10.4 Å². The first-order chi connectivity index (χ1) is 14.7. The third-order valence-electron chi connectivity index (χ3n) is 4.77. The molecule has 6 nitrogen and oxygen atoms in total. The van der Waals surface area contributed by atoms with Crippen LogP contribution in [0, 0.1) is 11.3 Å². The van der Waals surface area contributed by atoms with E-state index in [4.69, 9.17) is 10.5 Å². The van der Waals surface area contributed by atoms with Gasteiger partial charge in [0.25, 0.3) is 0 Å². The molecule has 0 radical (unpaired) electrons. The molecule has 2 N–H and O–H groups in total. The molecule has 2 heterocycles. The van der Waals surface area contributed by atoms with Crippen LogP contribution in [-0.2, 0) is 13.5 Å². The standard InChI is InChI=1S/C24H21N5O/c1-29-24(14-22(28-29)18-5-3-2-4-6-18)30-23-13-17(15-26)7-10-21(23)19-8-9-20(11-12-25)27-16-19/h2-10,13-14,16H,11-12,25H2,1H3. The van der Waals surface area contributed by atoms with Gasteiger partial charge in [-0.15, -0.1) is 0 Å². The van der Waals surface area contributed by atoms with E-state index in [9.17, 15) is 5.26 Å². The molecule has 0 unspecified atom stereocenters. The van der Waals surface area contributed by atoms with E-state index in [1.54, 1.807) is 23.0 Å². The molecule has 0 spiro atoms. The molecule has 2 aromatic heterocycles. The minimum Gasteiger partial charge on any atom is -0.439 e. The number of hydrogen-bond donors (Lipinski definition) is 1. The zero-order valence-electron chi connectivity index (χ0n) is 16.6. The molecule has 2 aromatic carbocycles. The molecule has 0 aliphatic carbocycles. The largest absolute Gasteiger partial charge is 0.439 e. The van der Waals surface area contributed by atoms with Gasteiger partial charge in [-0.25, -0.2) is 4.68 Å². The molecule has 148 valence electrons. The third kappa shape index (κ3) is 4.07. The first kappa shape index (κ1) is 19.4. The van der Waals surface area contributed by atoms with Gasteiger partial charge >= 0.3 is 0 Å². The van der Waals surface area contributed by atoms with Crippen LogP contribution in [0.15, 0.2) is 72.9 Å². The van der Waals surface area contributed by atoms with Crippen molar-refractivity contribution in [3.8, 4) is 40.1 Å². The molecule has 0 saturated carbocycles. The molecular weight excluding hydrogens is 374 g/mol. The van der Waals surface area contributed by atoms with Crippen molar-refractivity contribution in [3.05, 3.63) is 84.2 Å². The number of nitrogens with two attached hydrogens (primary N) is 1. The maximum absolute atomic E-state index is 9.35. The number of aromatic nitrogens is 3. The van der Waals surface area contributed by atoms with Crippen LogP contribution >= 0.6 is 0 Å². The highest BCUT2D eigenvalue weighted by atomic mass is 16.5. The average Bonchev–Trinajstić information content (AvgIpc) is 3.15. The minimum absolute atomic E-state index is 0.520. The number of aryl methyl sites for hydroxylation is 1. The fraction of sp³-hybridized carbons (Fsp3) is 0.125. The average molecular weight is 395 g/mol. The normalized spacial score (nSPS) is 10.6. The summed E-state index contributed by atoms with van der Waals surface area (Å²) >= 11 is 0. The molecule has 0 fully saturated rings. The molecule has 0 atom stereocenters. The monoisotopic (exact) mass is 395 g/mol. The molecule has 6 heteroatoms. The van der Waals surface area contributed by atoms with Crippen LogP contribution in [0.5, 0.6) is 11.6 Å². The van der Waals surface area contributed by atoms with Crippen LogP contribution in [0.25, 0.3) is 22.4 Å². The zero-order chi connectivity index (χ0) is 20.9. The molecular formula is C24H21N5O. The van der Waals surface area contributed by atoms with Crippen molar-refractivity contribution in [2.24, 2.45) is 12.8 Å². The second-order valence-electron chi connectivity index (χ2n) is 6.86. The van der Waals surface area contributed by atoms with Crippen LogP contribution in [0.3, 0.4) is 0 Å². The minimum atomic E-state index is 0.520. The molecule has 0 bridgehead atoms. The lowest BCUT2D eigenvalue weighted by Crippen LogP contribution is -2.04. The predicted octanol–water partition coefficient (Wildman–Crippen LogP) is 4.31. The summed E-state index contributed by atoms with van der Waals surface area (Å²) in [5, 5.41) is 13.9. The molecule has 0 saturated heterocycles. The van der Waals surface area contributed by atoms with Crippen LogP contribution in [0.4, 0.5) is 0 Å². The van der Waals surface area contributed by atoms with Crippen molar-refractivity contribution in [3.63, 3.8) is 0 Å². The Kier molecular flexibility index (Phi) is 5.55. The van der Waals surface area contributed by atoms with E-state index in [1.807, 2.05) is 61.6 Å². The summed E-state index contributed by atoms with van der Waals surface area (Å²) in [5.41, 5.74) is 10.7. The Balaban J connectivity index is 1.70. The Bertz CT molecular complexity index is 1190. The second-order valence-corrected chi connectivity index (χ2v) is 6.86. The van der Waals surface area contributed by atoms with E-state index < -0.39 is 0 Å². The van der Waals surface area contributed by atoms with Crippen molar-refractivity contribution < 1.29 is 4.74 Å². The summed E-state index contributed by atoms with van der Waals surface area (Å²) in [6.45, 7) is 0.557. The van der Waals surface area contributed by atoms with Crippen LogP contribution in [-0.4, -0.2) is 21.3 Å². The van der Waals surface area contributed by atoms with E-state index in [1.165, 1.54) is 0 Å². The second kappa shape index (κ2) is 8.60. The van der Waals surface area contributed by atoms with Gasteiger partial charge in [-0.3, -0.25) is 4.98 Å². The smallest absolute Gasteiger partial charge is 0.218 e. The Labute approximate surface area is 175 Å². The highest BCUT2D eigenvalue weighted by Gasteiger charge is 2.14. The van der Waals surface area contributed by atoms with Crippen LogP contribution < -0.4 is 10.5 Å². The predicted molar refractivity (Wildman–Crippen MR) is 116 cm³/mol. The molecule has 0 aliphatic heterocycles. The number of nitriles is 1. The van der Waals surface area contributed by atoms with Crippen molar-refractivity contribution in [2.75, 3.05) is 6.54 Å². The van der Waals surface area contributed by atoms with Gasteiger partial charge in [-0.05, 0) is 30.8 Å². The van der Waals surface area contributed by atoms with Crippen molar-refractivity contribution in [1.29, 1.82) is 5.26 Å². The summed E-state index contributed by atoms with van der Waals surface area (Å²) in [4.78, 5) is 4.48. The van der Waals surface area contributed by atoms with Crippen molar-refractivity contribution in [2.45, 2.75) is 6.42 Å². The van der Waals surface area contributed by atoms with Crippen LogP contribution in [0.2, 0.25) is 0 Å². The maximum Gasteiger partial charge on any atom is 0.218 e. The van der Waals surface area contributed by atoms with Gasteiger partial charge in [0.1, 0.15) is 5.75 Å². The summed E-state index contributed by atoms with van der Waals surface area (Å²) in [7, 11) is 1.83. The lowest BCUT2D eigenvalue weighted by atomic mass is 10.0. The topological polar surface area (TPSA) is 89.8 Å². The Morgan fingerprint density at radius 2 is 1.87 bits per heavy atom. The number of pyridine rings is 1. The number of nitrogens with zero attached hydrogens (tertiary/aromatic N) is 4. The number of rotatable bonds is 6. The zero-order valence-corrected chi connectivity index (χ0v) is 16.6. The highest BCUT2D eigenvalue weighted by molar-refractivity contribution is 5.71. The Hall–Kier alpha value is -3.95. The van der Waals surface area contributed by atoms with E-state index in [0.29, 0.717) is 23.7 Å². The molecule has 0 aliphatic rings. The van der Waals surface area contributed by atoms with E-state index in [0.717, 1.165) is 34.5 Å². The van der Waals surface area contributed by atoms with E-state index in [2.05, 4.69) is 16.2 Å². The molecule has 4 rings (SSSR count). The molecule has 4 aromatic rings. The summed E-state index contributed by atoms with van der Waals surface area (Å²) in [6.07, 6.45) is 2.53. The number of hydrogen-bond acceptors (Lipinski definition) is 5. The van der Waals surface area contributed by atoms with Gasteiger partial charge in [0, 0.05) is 48.1 Å². The maximum atomic E-state index is 9.35. The fourth-order valence-electron chi connectivity index (χ4n) is 3.20. The van der Waals surface area contributed by atoms with Gasteiger partial charge in [0.15, 0.2) is 0 Å². The van der Waals surface area contributed by atoms with Gasteiger partial charge in [0.2, 0.25) is 5.88 Å². The van der Waals surface area contributed by atoms with E-state index in [-0.39, 0.29) is 0 Å². The molecule has 0 amide bonds. The fourth-order valence-corrected chi connectivity index (χ4v) is 3.20. The van der Waals surface area contributed by atoms with Crippen molar-refractivity contribution >= 4 is 0 Å². The first-order valence-corrected chi connectivity index (χ1v) is 9.65. The third-order valence-corrected chi connectivity index (χ3v) is 4.77. The first-order valence-electron chi connectivity index (χ1n) is 9.65. The number of benzene rings is 2. The summed E-state index contributed by atoms with van der Waals surface area (Å²) in [6, 6.07) is 23.3. The summed E-state index contributed by atoms with van der Waals surface area (Å²) in [5.74, 6) is 1.16. The Morgan fingerprint density at radius 1 is 1.03 bits per heavy atom. The quantitative estimate of drug-likeness (QED) is 0.525. The molecule has 30 heavy (non-hydrogen) atoms. The lowest BCUT2D eigenvalue weighted by molar-refractivity contribution is 0.432. The number of ether oxygens (including phenoxy) is 1. The van der Waals surface area contributed by atoms with Crippen molar-refractivity contribution in [1.82, 2.24) is 14.8 Å². The van der Waals surface area contributed by atoms with Crippen LogP contribution in [0.1, 0.15) is 11.3 Å².